The molecule has 0 atom stereocenters. The molecule has 1 aromatic carbocycles. The van der Waals surface area contributed by atoms with Crippen molar-refractivity contribution < 1.29 is 19.1 Å². The van der Waals surface area contributed by atoms with Crippen molar-refractivity contribution in [1.29, 1.82) is 0 Å². The fraction of sp³-hybridized carbons (Fsp3) is 0.412. The van der Waals surface area contributed by atoms with Crippen LogP contribution in [-0.4, -0.2) is 25.2 Å². The Morgan fingerprint density at radius 2 is 1.62 bits per heavy atom. The Hall–Kier alpha value is -2.10. The first-order valence-electron chi connectivity index (χ1n) is 6.94. The molecule has 0 heterocycles. The lowest BCUT2D eigenvalue weighted by Crippen LogP contribution is -2.23. The highest BCUT2D eigenvalue weighted by Gasteiger charge is 2.23. The van der Waals surface area contributed by atoms with E-state index in [1.165, 1.54) is 6.08 Å². The molecule has 4 nitrogen and oxygen atoms in total. The minimum absolute atomic E-state index is 0.0905. The van der Waals surface area contributed by atoms with Gasteiger partial charge in [-0.3, -0.25) is 0 Å². The molecule has 114 valence electrons. The molecule has 0 aliphatic carbocycles. The molecule has 0 amide bonds. The maximum absolute atomic E-state index is 12.1. The Labute approximate surface area is 125 Å². The van der Waals surface area contributed by atoms with E-state index in [-0.39, 0.29) is 24.2 Å². The predicted octanol–water partition coefficient (Wildman–Crippen LogP) is 3.22. The first-order chi connectivity index (χ1) is 9.83. The third kappa shape index (κ3) is 6.25. The van der Waals surface area contributed by atoms with Gasteiger partial charge in [-0.25, -0.2) is 9.59 Å². The average Bonchev–Trinajstić information content (AvgIpc) is 2.43. The second kappa shape index (κ2) is 7.62. The molecule has 0 aliphatic rings. The highest BCUT2D eigenvalue weighted by Crippen LogP contribution is 2.16. The van der Waals surface area contributed by atoms with Gasteiger partial charge in [0.25, 0.3) is 0 Å². The first kappa shape index (κ1) is 17.0. The van der Waals surface area contributed by atoms with Gasteiger partial charge in [-0.2, -0.15) is 0 Å². The molecule has 1 aromatic rings. The zero-order valence-electron chi connectivity index (χ0n) is 13.0. The fourth-order valence-electron chi connectivity index (χ4n) is 1.49. The van der Waals surface area contributed by atoms with Gasteiger partial charge in [-0.05, 0) is 24.0 Å². The molecule has 0 aromatic heterocycles. The van der Waals surface area contributed by atoms with Crippen molar-refractivity contribution in [1.82, 2.24) is 0 Å². The molecule has 21 heavy (non-hydrogen) atoms. The molecule has 0 aliphatic heterocycles. The van der Waals surface area contributed by atoms with Crippen molar-refractivity contribution in [3.63, 3.8) is 0 Å². The van der Waals surface area contributed by atoms with Crippen molar-refractivity contribution in [2.24, 2.45) is 5.41 Å². The van der Waals surface area contributed by atoms with Gasteiger partial charge in [0, 0.05) is 0 Å². The van der Waals surface area contributed by atoms with Gasteiger partial charge >= 0.3 is 11.9 Å². The Balaban J connectivity index is 2.95. The maximum Gasteiger partial charge on any atom is 0.345 e. The lowest BCUT2D eigenvalue weighted by atomic mass is 9.99. The van der Waals surface area contributed by atoms with Gasteiger partial charge in [-0.1, -0.05) is 51.1 Å². The number of rotatable bonds is 5. The molecule has 1 rings (SSSR count). The van der Waals surface area contributed by atoms with Gasteiger partial charge in [0.05, 0.1) is 13.2 Å². The summed E-state index contributed by atoms with van der Waals surface area (Å²) in [5.74, 6) is -1.33. The zero-order valence-corrected chi connectivity index (χ0v) is 13.0. The van der Waals surface area contributed by atoms with Crippen molar-refractivity contribution in [2.75, 3.05) is 13.2 Å². The van der Waals surface area contributed by atoms with Crippen molar-refractivity contribution >= 4 is 18.0 Å². The lowest BCUT2D eigenvalue weighted by molar-refractivity contribution is -0.148. The van der Waals surface area contributed by atoms with E-state index in [1.807, 2.05) is 39.0 Å². The van der Waals surface area contributed by atoms with E-state index in [1.54, 1.807) is 19.1 Å². The number of carbonyl (C=O) groups is 2. The summed E-state index contributed by atoms with van der Waals surface area (Å²) in [7, 11) is 0. The summed E-state index contributed by atoms with van der Waals surface area (Å²) >= 11 is 0. The van der Waals surface area contributed by atoms with Crippen molar-refractivity contribution in [3.8, 4) is 0 Å². The molecule has 0 bridgehead atoms. The van der Waals surface area contributed by atoms with E-state index < -0.39 is 11.9 Å². The van der Waals surface area contributed by atoms with E-state index in [9.17, 15) is 9.59 Å². The van der Waals surface area contributed by atoms with Crippen LogP contribution in [0.5, 0.6) is 0 Å². The molecule has 0 spiro atoms. The van der Waals surface area contributed by atoms with Crippen LogP contribution in [0, 0.1) is 5.41 Å². The summed E-state index contributed by atoms with van der Waals surface area (Å²) in [6.07, 6.45) is 1.49. The normalized spacial score (nSPS) is 11.9. The van der Waals surface area contributed by atoms with E-state index in [0.717, 1.165) is 5.56 Å². The maximum atomic E-state index is 12.1. The second-order valence-electron chi connectivity index (χ2n) is 5.83. The van der Waals surface area contributed by atoms with Crippen LogP contribution < -0.4 is 0 Å². The lowest BCUT2D eigenvalue weighted by Gasteiger charge is -2.18. The molecular weight excluding hydrogens is 268 g/mol. The van der Waals surface area contributed by atoms with Crippen molar-refractivity contribution in [2.45, 2.75) is 27.7 Å². The van der Waals surface area contributed by atoms with Crippen LogP contribution in [0.15, 0.2) is 35.9 Å². The summed E-state index contributed by atoms with van der Waals surface area (Å²) in [6.45, 7) is 7.98. The molecular formula is C17H22O4. The van der Waals surface area contributed by atoms with Crippen molar-refractivity contribution in [3.05, 3.63) is 41.5 Å². The quantitative estimate of drug-likeness (QED) is 0.361. The number of esters is 2. The Bertz CT molecular complexity index is 509. The SMILES string of the molecule is CCOC(=O)/C(=C\c1ccccc1)C(=O)OCC(C)(C)C. The van der Waals surface area contributed by atoms with Gasteiger partial charge in [0.1, 0.15) is 5.57 Å². The monoisotopic (exact) mass is 290 g/mol. The van der Waals surface area contributed by atoms with E-state index in [4.69, 9.17) is 9.47 Å². The number of hydrogen-bond donors (Lipinski definition) is 0. The van der Waals surface area contributed by atoms with Gasteiger partial charge in [0.2, 0.25) is 0 Å². The van der Waals surface area contributed by atoms with Crippen LogP contribution in [0.25, 0.3) is 6.08 Å². The molecule has 0 saturated carbocycles. The Kier molecular flexibility index (Phi) is 6.15. The van der Waals surface area contributed by atoms with Gasteiger partial charge in [-0.15, -0.1) is 0 Å². The Morgan fingerprint density at radius 1 is 1.05 bits per heavy atom. The van der Waals surface area contributed by atoms with E-state index >= 15 is 0 Å². The first-order valence-corrected chi connectivity index (χ1v) is 6.94. The highest BCUT2D eigenvalue weighted by atomic mass is 16.6. The molecule has 0 saturated heterocycles. The van der Waals surface area contributed by atoms with E-state index in [2.05, 4.69) is 0 Å². The third-order valence-electron chi connectivity index (χ3n) is 2.46. The molecule has 0 N–H and O–H groups in total. The number of hydrogen-bond acceptors (Lipinski definition) is 4. The number of ether oxygens (including phenoxy) is 2. The standard InChI is InChI=1S/C17H22O4/c1-5-20-15(18)14(11-13-9-7-6-8-10-13)16(19)21-12-17(2,3)4/h6-11H,5,12H2,1-4H3/b14-11+. The predicted molar refractivity (Wildman–Crippen MR) is 81.5 cm³/mol. The topological polar surface area (TPSA) is 52.6 Å². The average molecular weight is 290 g/mol. The molecule has 0 unspecified atom stereocenters. The number of benzene rings is 1. The fourth-order valence-corrected chi connectivity index (χ4v) is 1.49. The second-order valence-corrected chi connectivity index (χ2v) is 5.83. The van der Waals surface area contributed by atoms with Crippen LogP contribution >= 0.6 is 0 Å². The van der Waals surface area contributed by atoms with Crippen LogP contribution in [0.1, 0.15) is 33.3 Å². The molecule has 4 heteroatoms. The largest absolute Gasteiger partial charge is 0.462 e. The Morgan fingerprint density at radius 3 is 2.14 bits per heavy atom. The smallest absolute Gasteiger partial charge is 0.345 e. The minimum atomic E-state index is -0.666. The summed E-state index contributed by atoms with van der Waals surface area (Å²) in [4.78, 5) is 24.0. The zero-order chi connectivity index (χ0) is 15.9. The van der Waals surface area contributed by atoms with Crippen LogP contribution in [-0.2, 0) is 19.1 Å². The summed E-state index contributed by atoms with van der Waals surface area (Å²) in [5, 5.41) is 0. The third-order valence-corrected chi connectivity index (χ3v) is 2.46. The highest BCUT2D eigenvalue weighted by molar-refractivity contribution is 6.17. The molecule has 0 fully saturated rings. The van der Waals surface area contributed by atoms with Crippen LogP contribution in [0.2, 0.25) is 0 Å². The van der Waals surface area contributed by atoms with E-state index in [0.29, 0.717) is 0 Å². The summed E-state index contributed by atoms with van der Waals surface area (Å²) in [5.41, 5.74) is 0.489. The van der Waals surface area contributed by atoms with Crippen LogP contribution in [0.4, 0.5) is 0 Å². The molecule has 0 radical (unpaired) electrons. The minimum Gasteiger partial charge on any atom is -0.462 e. The van der Waals surface area contributed by atoms with Gasteiger partial charge < -0.3 is 9.47 Å². The summed E-state index contributed by atoms with van der Waals surface area (Å²) in [6, 6.07) is 9.12. The van der Waals surface area contributed by atoms with Crippen LogP contribution in [0.3, 0.4) is 0 Å². The van der Waals surface area contributed by atoms with Gasteiger partial charge in [0.15, 0.2) is 0 Å². The number of carbonyl (C=O) groups excluding carboxylic acids is 2. The summed E-state index contributed by atoms with van der Waals surface area (Å²) < 4.78 is 10.1.